The van der Waals surface area contributed by atoms with Gasteiger partial charge in [-0.05, 0) is 18.6 Å². The number of aromatic nitrogens is 1. The molecule has 1 aromatic heterocycles. The number of fused-ring (bicyclic) bond motifs is 1. The number of nitrogens with one attached hydrogen (secondary N) is 1. The molecule has 0 amide bonds. The average Bonchev–Trinajstić information content (AvgIpc) is 2.99. The minimum atomic E-state index is -0.497. The van der Waals surface area contributed by atoms with Crippen LogP contribution >= 0.6 is 23.5 Å². The van der Waals surface area contributed by atoms with Gasteiger partial charge in [0.2, 0.25) is 0 Å². The minimum Gasteiger partial charge on any atom is -0.392 e. The normalized spacial score (nSPS) is 10.9. The van der Waals surface area contributed by atoms with Crippen LogP contribution in [0.5, 0.6) is 0 Å². The van der Waals surface area contributed by atoms with Gasteiger partial charge in [-0.3, -0.25) is 9.59 Å². The smallest absolute Gasteiger partial charge is 0.323 e. The Bertz CT molecular complexity index is 922. The molecule has 6 heteroatoms. The molecule has 140 valence electrons. The maximum absolute atomic E-state index is 12.0. The van der Waals surface area contributed by atoms with Crippen LogP contribution in [-0.2, 0) is 20.1 Å². The summed E-state index contributed by atoms with van der Waals surface area (Å²) in [7, 11) is 0. The fourth-order valence-corrected chi connectivity index (χ4v) is 4.50. The quantitative estimate of drug-likeness (QED) is 0.251. The van der Waals surface area contributed by atoms with Gasteiger partial charge < -0.3 is 9.72 Å². The van der Waals surface area contributed by atoms with Crippen molar-refractivity contribution in [3.05, 3.63) is 65.9 Å². The molecule has 3 rings (SSSR count). The predicted octanol–water partition coefficient (Wildman–Crippen LogP) is 4.96. The summed E-state index contributed by atoms with van der Waals surface area (Å²) in [6.07, 6.45) is 0.236. The van der Waals surface area contributed by atoms with Gasteiger partial charge in [-0.2, -0.15) is 11.8 Å². The highest BCUT2D eigenvalue weighted by atomic mass is 32.2. The maximum Gasteiger partial charge on any atom is 0.323 e. The fourth-order valence-electron chi connectivity index (χ4n) is 2.70. The topological polar surface area (TPSA) is 59.2 Å². The van der Waals surface area contributed by atoms with Crippen molar-refractivity contribution >= 4 is 46.4 Å². The molecule has 0 saturated heterocycles. The van der Waals surface area contributed by atoms with Crippen molar-refractivity contribution in [3.8, 4) is 0 Å². The Hall–Kier alpha value is -2.18. The lowest BCUT2D eigenvalue weighted by atomic mass is 10.2. The van der Waals surface area contributed by atoms with Crippen LogP contribution in [0.3, 0.4) is 0 Å². The number of carbonyl (C=O) groups excluding carboxylic acids is 2. The molecule has 0 aliphatic rings. The van der Waals surface area contributed by atoms with E-state index >= 15 is 0 Å². The van der Waals surface area contributed by atoms with Crippen molar-refractivity contribution in [1.29, 1.82) is 0 Å². The zero-order valence-corrected chi connectivity index (χ0v) is 16.7. The van der Waals surface area contributed by atoms with E-state index in [1.165, 1.54) is 17.3 Å². The lowest BCUT2D eigenvalue weighted by Gasteiger charge is -2.04. The Morgan fingerprint density at radius 3 is 2.56 bits per heavy atom. The Morgan fingerprint density at radius 1 is 1.00 bits per heavy atom. The Morgan fingerprint density at radius 2 is 1.74 bits per heavy atom. The van der Waals surface area contributed by atoms with Crippen molar-refractivity contribution in [2.45, 2.75) is 24.0 Å². The molecule has 27 heavy (non-hydrogen) atoms. The fraction of sp³-hybridized carbons (Fsp3) is 0.238. The third-order valence-electron chi connectivity index (χ3n) is 3.96. The first-order chi connectivity index (χ1) is 13.1. The van der Waals surface area contributed by atoms with Crippen LogP contribution in [0.1, 0.15) is 17.7 Å². The van der Waals surface area contributed by atoms with Gasteiger partial charge in [0.15, 0.2) is 0 Å². The second-order valence-electron chi connectivity index (χ2n) is 6.05. The number of hydrogen-bond donors (Lipinski definition) is 1. The highest BCUT2D eigenvalue weighted by Gasteiger charge is 2.14. The number of aryl methyl sites for hydroxylation is 1. The molecule has 4 nitrogen and oxygen atoms in total. The van der Waals surface area contributed by atoms with Crippen LogP contribution in [-0.4, -0.2) is 28.4 Å². The van der Waals surface area contributed by atoms with E-state index in [4.69, 9.17) is 4.74 Å². The van der Waals surface area contributed by atoms with Gasteiger partial charge in [-0.25, -0.2) is 0 Å². The Kier molecular flexibility index (Phi) is 7.01. The van der Waals surface area contributed by atoms with E-state index in [9.17, 15) is 9.59 Å². The number of aromatic amines is 1. The second kappa shape index (κ2) is 9.67. The Balaban J connectivity index is 1.39. The van der Waals surface area contributed by atoms with E-state index in [-0.39, 0.29) is 12.2 Å². The van der Waals surface area contributed by atoms with E-state index < -0.39 is 11.9 Å². The molecular formula is C21H21NO3S2. The molecule has 0 atom stereocenters. The highest BCUT2D eigenvalue weighted by molar-refractivity contribution is 8.00. The molecule has 0 radical (unpaired) electrons. The SMILES string of the molecule is Cc1[nH]c2ccccc2c1SCC(=O)OC(=O)CCSCc1ccccc1. The van der Waals surface area contributed by atoms with Crippen molar-refractivity contribution in [2.24, 2.45) is 0 Å². The predicted molar refractivity (Wildman–Crippen MR) is 112 cm³/mol. The number of ether oxygens (including phenoxy) is 1. The number of H-pyrrole nitrogens is 1. The van der Waals surface area contributed by atoms with Crippen LogP contribution in [0, 0.1) is 6.92 Å². The van der Waals surface area contributed by atoms with E-state index in [2.05, 4.69) is 17.1 Å². The summed E-state index contributed by atoms with van der Waals surface area (Å²) >= 11 is 3.05. The van der Waals surface area contributed by atoms with E-state index in [0.29, 0.717) is 5.75 Å². The van der Waals surface area contributed by atoms with Gasteiger partial charge in [-0.15, -0.1) is 11.8 Å². The third kappa shape index (κ3) is 5.65. The van der Waals surface area contributed by atoms with Crippen molar-refractivity contribution in [3.63, 3.8) is 0 Å². The molecule has 0 aliphatic carbocycles. The van der Waals surface area contributed by atoms with Crippen LogP contribution < -0.4 is 0 Å². The van der Waals surface area contributed by atoms with E-state index in [0.717, 1.165) is 27.2 Å². The van der Waals surface area contributed by atoms with Gasteiger partial charge in [0, 0.05) is 33.0 Å². The number of para-hydroxylation sites is 1. The zero-order valence-electron chi connectivity index (χ0n) is 15.1. The number of rotatable bonds is 8. The Labute approximate surface area is 167 Å². The van der Waals surface area contributed by atoms with Crippen LogP contribution in [0.15, 0.2) is 59.5 Å². The molecule has 0 fully saturated rings. The number of carbonyl (C=O) groups is 2. The van der Waals surface area contributed by atoms with Crippen molar-refractivity contribution in [1.82, 2.24) is 4.98 Å². The summed E-state index contributed by atoms with van der Waals surface area (Å²) in [5.41, 5.74) is 3.27. The summed E-state index contributed by atoms with van der Waals surface area (Å²) in [5.74, 6) is 0.638. The number of esters is 2. The van der Waals surface area contributed by atoms with E-state index in [1.54, 1.807) is 11.8 Å². The van der Waals surface area contributed by atoms with Crippen molar-refractivity contribution in [2.75, 3.05) is 11.5 Å². The van der Waals surface area contributed by atoms with Gasteiger partial charge in [0.05, 0.1) is 12.2 Å². The lowest BCUT2D eigenvalue weighted by molar-refractivity contribution is -0.157. The van der Waals surface area contributed by atoms with Crippen LogP contribution in [0.2, 0.25) is 0 Å². The molecule has 0 bridgehead atoms. The van der Waals surface area contributed by atoms with Crippen LogP contribution in [0.25, 0.3) is 10.9 Å². The summed E-state index contributed by atoms with van der Waals surface area (Å²) < 4.78 is 4.93. The zero-order chi connectivity index (χ0) is 19.1. The molecule has 0 spiro atoms. The minimum absolute atomic E-state index is 0.117. The maximum atomic E-state index is 12.0. The molecule has 0 unspecified atom stereocenters. The largest absolute Gasteiger partial charge is 0.392 e. The number of thioether (sulfide) groups is 2. The summed E-state index contributed by atoms with van der Waals surface area (Å²) in [6, 6.07) is 18.0. The monoisotopic (exact) mass is 399 g/mol. The van der Waals surface area contributed by atoms with Gasteiger partial charge in [-0.1, -0.05) is 48.5 Å². The first-order valence-electron chi connectivity index (χ1n) is 8.69. The molecule has 1 heterocycles. The lowest BCUT2D eigenvalue weighted by Crippen LogP contribution is -2.14. The van der Waals surface area contributed by atoms with Gasteiger partial charge >= 0.3 is 11.9 Å². The molecular weight excluding hydrogens is 378 g/mol. The third-order valence-corrected chi connectivity index (χ3v) is 6.18. The van der Waals surface area contributed by atoms with E-state index in [1.807, 2.05) is 49.4 Å². The second-order valence-corrected chi connectivity index (χ2v) is 8.14. The molecule has 0 saturated carbocycles. The summed E-state index contributed by atoms with van der Waals surface area (Å²) in [6.45, 7) is 1.97. The molecule has 0 aliphatic heterocycles. The summed E-state index contributed by atoms with van der Waals surface area (Å²) in [4.78, 5) is 28.1. The highest BCUT2D eigenvalue weighted by Crippen LogP contribution is 2.31. The molecule has 1 N–H and O–H groups in total. The van der Waals surface area contributed by atoms with Gasteiger partial charge in [0.1, 0.15) is 0 Å². The van der Waals surface area contributed by atoms with Gasteiger partial charge in [0.25, 0.3) is 0 Å². The number of benzene rings is 2. The molecule has 2 aromatic carbocycles. The number of hydrogen-bond acceptors (Lipinski definition) is 5. The summed E-state index contributed by atoms with van der Waals surface area (Å²) in [5, 5.41) is 1.08. The van der Waals surface area contributed by atoms with Crippen LogP contribution in [0.4, 0.5) is 0 Å². The standard InChI is InChI=1S/C21H21NO3S2/c1-15-21(17-9-5-6-10-18(17)22-15)27-14-20(24)25-19(23)11-12-26-13-16-7-3-2-4-8-16/h2-10,22H,11-14H2,1H3. The first kappa shape index (κ1) is 19.6. The van der Waals surface area contributed by atoms with Crippen molar-refractivity contribution < 1.29 is 14.3 Å². The average molecular weight is 400 g/mol. The molecule has 3 aromatic rings. The first-order valence-corrected chi connectivity index (χ1v) is 10.8.